The van der Waals surface area contributed by atoms with Crippen molar-refractivity contribution in [2.75, 3.05) is 20.2 Å². The first kappa shape index (κ1) is 17.8. The third-order valence-electron chi connectivity index (χ3n) is 6.73. The highest BCUT2D eigenvalue weighted by Gasteiger charge is 2.51. The predicted octanol–water partition coefficient (Wildman–Crippen LogP) is 3.05. The molecule has 26 heavy (non-hydrogen) atoms. The normalized spacial score (nSPS) is 30.6. The average molecular weight is 358 g/mol. The quantitative estimate of drug-likeness (QED) is 0.902. The monoisotopic (exact) mass is 358 g/mol. The molecule has 3 fully saturated rings. The average Bonchev–Trinajstić information content (AvgIpc) is 2.56. The van der Waals surface area contributed by atoms with Gasteiger partial charge >= 0.3 is 0 Å². The second-order valence-corrected chi connectivity index (χ2v) is 9.14. The summed E-state index contributed by atoms with van der Waals surface area (Å²) in [6.45, 7) is 5.65. The molecule has 1 aromatic heterocycles. The molecule has 5 nitrogen and oxygen atoms in total. The van der Waals surface area contributed by atoms with Crippen molar-refractivity contribution in [2.45, 2.75) is 63.9 Å². The van der Waals surface area contributed by atoms with E-state index in [1.807, 2.05) is 24.8 Å². The molecule has 0 radical (unpaired) electrons. The van der Waals surface area contributed by atoms with Crippen LogP contribution in [0.4, 0.5) is 0 Å². The molecule has 0 unspecified atom stereocenters. The van der Waals surface area contributed by atoms with Gasteiger partial charge in [0.05, 0.1) is 12.7 Å². The minimum atomic E-state index is -0.622. The third-order valence-corrected chi connectivity index (χ3v) is 6.73. The fourth-order valence-electron chi connectivity index (χ4n) is 5.18. The Morgan fingerprint density at radius 1 is 1.27 bits per heavy atom. The van der Waals surface area contributed by atoms with Crippen LogP contribution < -0.4 is 4.74 Å². The standard InChI is InChI=1S/C21H30N2O3/c1-14-8-17(26-3)9-18(22-14)15-4-6-21(7-5-15)12-23(13-21)19(24)16-10-20(2,25)11-16/h8-9,15-16,25H,4-7,10-13H2,1-3H3. The fraction of sp³-hybridized carbons (Fsp3) is 0.714. The van der Waals surface area contributed by atoms with E-state index in [0.29, 0.717) is 24.2 Å². The topological polar surface area (TPSA) is 62.7 Å². The first-order valence-electron chi connectivity index (χ1n) is 9.83. The van der Waals surface area contributed by atoms with Crippen LogP contribution in [0.2, 0.25) is 0 Å². The largest absolute Gasteiger partial charge is 0.497 e. The van der Waals surface area contributed by atoms with Gasteiger partial charge in [-0.05, 0) is 52.4 Å². The number of methoxy groups -OCH3 is 1. The SMILES string of the molecule is COc1cc(C)nc(C2CCC3(CC2)CN(C(=O)C2CC(C)(O)C2)C3)c1. The second kappa shape index (κ2) is 6.22. The lowest BCUT2D eigenvalue weighted by atomic mass is 9.64. The van der Waals surface area contributed by atoms with Crippen molar-refractivity contribution in [2.24, 2.45) is 11.3 Å². The first-order chi connectivity index (χ1) is 12.3. The Kier molecular flexibility index (Phi) is 4.25. The van der Waals surface area contributed by atoms with Crippen molar-refractivity contribution in [3.8, 4) is 5.75 Å². The molecule has 3 aliphatic rings. The molecule has 142 valence electrons. The molecule has 2 heterocycles. The van der Waals surface area contributed by atoms with Gasteiger partial charge in [-0.3, -0.25) is 9.78 Å². The van der Waals surface area contributed by atoms with Crippen LogP contribution in [0.25, 0.3) is 0 Å². The van der Waals surface area contributed by atoms with Crippen LogP contribution in [0.1, 0.15) is 62.8 Å². The third kappa shape index (κ3) is 3.22. The lowest BCUT2D eigenvalue weighted by molar-refractivity contribution is -0.163. The van der Waals surface area contributed by atoms with Gasteiger partial charge in [0.25, 0.3) is 0 Å². The smallest absolute Gasteiger partial charge is 0.225 e. The molecule has 2 aliphatic carbocycles. The van der Waals surface area contributed by atoms with Crippen LogP contribution in [0.15, 0.2) is 12.1 Å². The molecule has 1 N–H and O–H groups in total. The molecule has 1 saturated heterocycles. The van der Waals surface area contributed by atoms with E-state index in [-0.39, 0.29) is 11.8 Å². The summed E-state index contributed by atoms with van der Waals surface area (Å²) in [4.78, 5) is 19.3. The van der Waals surface area contributed by atoms with E-state index in [2.05, 4.69) is 6.07 Å². The summed E-state index contributed by atoms with van der Waals surface area (Å²) in [5.41, 5.74) is 1.87. The molecule has 0 aromatic carbocycles. The van der Waals surface area contributed by atoms with Crippen LogP contribution in [-0.4, -0.2) is 46.7 Å². The van der Waals surface area contributed by atoms with E-state index >= 15 is 0 Å². The van der Waals surface area contributed by atoms with Crippen LogP contribution in [-0.2, 0) is 4.79 Å². The van der Waals surface area contributed by atoms with E-state index < -0.39 is 5.60 Å². The minimum Gasteiger partial charge on any atom is -0.497 e. The number of carbonyl (C=O) groups excluding carboxylic acids is 1. The zero-order valence-corrected chi connectivity index (χ0v) is 16.1. The van der Waals surface area contributed by atoms with Gasteiger partial charge < -0.3 is 14.7 Å². The van der Waals surface area contributed by atoms with Gasteiger partial charge in [-0.1, -0.05) is 0 Å². The minimum absolute atomic E-state index is 0.0441. The van der Waals surface area contributed by atoms with Gasteiger partial charge in [0.2, 0.25) is 5.91 Å². The first-order valence-corrected chi connectivity index (χ1v) is 9.83. The number of amides is 1. The maximum absolute atomic E-state index is 12.5. The Balaban J connectivity index is 1.31. The maximum atomic E-state index is 12.5. The molecule has 5 heteroatoms. The summed E-state index contributed by atoms with van der Waals surface area (Å²) in [6.07, 6.45) is 5.86. The molecule has 1 spiro atoms. The van der Waals surface area contributed by atoms with E-state index in [1.165, 1.54) is 12.8 Å². The Morgan fingerprint density at radius 3 is 2.50 bits per heavy atom. The number of likely N-dealkylation sites (tertiary alicyclic amines) is 1. The van der Waals surface area contributed by atoms with Crippen LogP contribution in [0, 0.1) is 18.3 Å². The van der Waals surface area contributed by atoms with Gasteiger partial charge in [0.1, 0.15) is 5.75 Å². The lowest BCUT2D eigenvalue weighted by Gasteiger charge is -2.55. The highest BCUT2D eigenvalue weighted by Crippen LogP contribution is 2.49. The van der Waals surface area contributed by atoms with E-state index in [1.54, 1.807) is 7.11 Å². The summed E-state index contributed by atoms with van der Waals surface area (Å²) in [6, 6.07) is 4.05. The number of pyridine rings is 1. The van der Waals surface area contributed by atoms with E-state index in [9.17, 15) is 9.90 Å². The van der Waals surface area contributed by atoms with Crippen molar-refractivity contribution in [1.29, 1.82) is 0 Å². The Hall–Kier alpha value is -1.62. The van der Waals surface area contributed by atoms with Crippen molar-refractivity contribution >= 4 is 5.91 Å². The molecule has 1 amide bonds. The van der Waals surface area contributed by atoms with Crippen molar-refractivity contribution in [3.05, 3.63) is 23.5 Å². The van der Waals surface area contributed by atoms with E-state index in [0.717, 1.165) is 43.1 Å². The van der Waals surface area contributed by atoms with Crippen LogP contribution in [0.3, 0.4) is 0 Å². The number of rotatable bonds is 3. The van der Waals surface area contributed by atoms with Crippen molar-refractivity contribution in [3.63, 3.8) is 0 Å². The van der Waals surface area contributed by atoms with Crippen LogP contribution >= 0.6 is 0 Å². The molecule has 4 rings (SSSR count). The summed E-state index contributed by atoms with van der Waals surface area (Å²) in [5, 5.41) is 9.86. The number of aliphatic hydroxyl groups is 1. The van der Waals surface area contributed by atoms with Gasteiger partial charge in [-0.25, -0.2) is 0 Å². The number of aromatic nitrogens is 1. The fourth-order valence-corrected chi connectivity index (χ4v) is 5.18. The summed E-state index contributed by atoms with van der Waals surface area (Å²) < 4.78 is 5.39. The van der Waals surface area contributed by atoms with Gasteiger partial charge in [-0.2, -0.15) is 0 Å². The van der Waals surface area contributed by atoms with Gasteiger partial charge in [0.15, 0.2) is 0 Å². The van der Waals surface area contributed by atoms with Gasteiger partial charge in [-0.15, -0.1) is 0 Å². The summed E-state index contributed by atoms with van der Waals surface area (Å²) in [5.74, 6) is 1.70. The Labute approximate surface area is 155 Å². The van der Waals surface area contributed by atoms with Gasteiger partial charge in [0, 0.05) is 53.9 Å². The number of carbonyl (C=O) groups is 1. The Bertz CT molecular complexity index is 691. The highest BCUT2D eigenvalue weighted by atomic mass is 16.5. The number of aryl methyl sites for hydroxylation is 1. The number of nitrogens with zero attached hydrogens (tertiary/aromatic N) is 2. The molecular formula is C21H30N2O3. The summed E-state index contributed by atoms with van der Waals surface area (Å²) >= 11 is 0. The zero-order valence-electron chi connectivity index (χ0n) is 16.1. The van der Waals surface area contributed by atoms with E-state index in [4.69, 9.17) is 9.72 Å². The van der Waals surface area contributed by atoms with Crippen LogP contribution in [0.5, 0.6) is 5.75 Å². The zero-order chi connectivity index (χ0) is 18.5. The molecule has 0 bridgehead atoms. The van der Waals surface area contributed by atoms with Crippen molar-refractivity contribution in [1.82, 2.24) is 9.88 Å². The maximum Gasteiger partial charge on any atom is 0.225 e. The lowest BCUT2D eigenvalue weighted by Crippen LogP contribution is -2.62. The number of hydrogen-bond acceptors (Lipinski definition) is 4. The molecule has 2 saturated carbocycles. The molecule has 1 aliphatic heterocycles. The van der Waals surface area contributed by atoms with Crippen molar-refractivity contribution < 1.29 is 14.6 Å². The Morgan fingerprint density at radius 2 is 1.92 bits per heavy atom. The summed E-state index contributed by atoms with van der Waals surface area (Å²) in [7, 11) is 1.70. The second-order valence-electron chi connectivity index (χ2n) is 9.14. The highest BCUT2D eigenvalue weighted by molar-refractivity contribution is 5.81. The molecule has 0 atom stereocenters. The predicted molar refractivity (Wildman–Crippen MR) is 99.1 cm³/mol. The number of hydrogen-bond donors (Lipinski definition) is 1. The molecular weight excluding hydrogens is 328 g/mol. The molecule has 1 aromatic rings. The number of ether oxygens (including phenoxy) is 1.